The summed E-state index contributed by atoms with van der Waals surface area (Å²) in [6.07, 6.45) is 9.98. The fourth-order valence-corrected chi connectivity index (χ4v) is 2.83. The zero-order valence-electron chi connectivity index (χ0n) is 10.9. The molecule has 15 heavy (non-hydrogen) atoms. The molecule has 0 radical (unpaired) electrons. The van der Waals surface area contributed by atoms with Crippen molar-refractivity contribution in [2.75, 3.05) is 6.54 Å². The van der Waals surface area contributed by atoms with Crippen LogP contribution in [-0.4, -0.2) is 12.6 Å². The van der Waals surface area contributed by atoms with Crippen LogP contribution in [0.4, 0.5) is 0 Å². The highest BCUT2D eigenvalue weighted by Crippen LogP contribution is 2.29. The number of hydrogen-bond acceptors (Lipinski definition) is 1. The largest absolute Gasteiger partial charge is 0.314 e. The van der Waals surface area contributed by atoms with Crippen LogP contribution >= 0.6 is 0 Å². The van der Waals surface area contributed by atoms with Gasteiger partial charge in [-0.25, -0.2) is 0 Å². The lowest BCUT2D eigenvalue weighted by molar-refractivity contribution is 0.340. The maximum absolute atomic E-state index is 3.73. The topological polar surface area (TPSA) is 12.0 Å². The van der Waals surface area contributed by atoms with E-state index in [0.717, 1.165) is 17.9 Å². The highest BCUT2D eigenvalue weighted by Gasteiger charge is 2.20. The van der Waals surface area contributed by atoms with Crippen LogP contribution in [0.1, 0.15) is 65.7 Å². The summed E-state index contributed by atoms with van der Waals surface area (Å²) in [5, 5.41) is 3.73. The van der Waals surface area contributed by atoms with Gasteiger partial charge in [-0.15, -0.1) is 0 Å². The lowest BCUT2D eigenvalue weighted by Crippen LogP contribution is -2.32. The van der Waals surface area contributed by atoms with Crippen LogP contribution < -0.4 is 5.32 Å². The Kier molecular flexibility index (Phi) is 6.31. The van der Waals surface area contributed by atoms with Crippen LogP contribution in [0.3, 0.4) is 0 Å². The second kappa shape index (κ2) is 7.27. The summed E-state index contributed by atoms with van der Waals surface area (Å²) in [6, 6.07) is 0.785. The Morgan fingerprint density at radius 3 is 2.40 bits per heavy atom. The second-order valence-corrected chi connectivity index (χ2v) is 5.67. The molecule has 1 saturated carbocycles. The van der Waals surface area contributed by atoms with Crippen molar-refractivity contribution in [3.63, 3.8) is 0 Å². The van der Waals surface area contributed by atoms with Crippen molar-refractivity contribution in [1.82, 2.24) is 5.32 Å². The zero-order valence-corrected chi connectivity index (χ0v) is 10.9. The summed E-state index contributed by atoms with van der Waals surface area (Å²) in [5.41, 5.74) is 0. The number of nitrogens with one attached hydrogen (secondary N) is 1. The standard InChI is InChI=1S/C14H29N/c1-4-9-15-14(10-12(2)3)11-13-7-5-6-8-13/h12-15H,4-11H2,1-3H3. The maximum Gasteiger partial charge on any atom is 0.00721 e. The van der Waals surface area contributed by atoms with Crippen molar-refractivity contribution in [3.8, 4) is 0 Å². The van der Waals surface area contributed by atoms with Gasteiger partial charge in [0.05, 0.1) is 0 Å². The minimum absolute atomic E-state index is 0.785. The Morgan fingerprint density at radius 1 is 1.20 bits per heavy atom. The van der Waals surface area contributed by atoms with Gasteiger partial charge in [0.25, 0.3) is 0 Å². The quantitative estimate of drug-likeness (QED) is 0.671. The molecule has 1 fully saturated rings. The summed E-state index contributed by atoms with van der Waals surface area (Å²) in [5.74, 6) is 1.86. The molecular formula is C14H29N. The summed E-state index contributed by atoms with van der Waals surface area (Å²) >= 11 is 0. The molecule has 0 aromatic heterocycles. The van der Waals surface area contributed by atoms with E-state index in [1.807, 2.05) is 0 Å². The van der Waals surface area contributed by atoms with Crippen molar-refractivity contribution in [1.29, 1.82) is 0 Å². The molecule has 0 saturated heterocycles. The highest BCUT2D eigenvalue weighted by molar-refractivity contribution is 4.76. The normalized spacial score (nSPS) is 20.0. The van der Waals surface area contributed by atoms with Gasteiger partial charge in [-0.2, -0.15) is 0 Å². The predicted octanol–water partition coefficient (Wildman–Crippen LogP) is 3.98. The molecule has 1 rings (SSSR count). The third-order valence-corrected chi connectivity index (χ3v) is 3.53. The maximum atomic E-state index is 3.73. The minimum Gasteiger partial charge on any atom is -0.314 e. The summed E-state index contributed by atoms with van der Waals surface area (Å²) in [4.78, 5) is 0. The molecule has 1 heteroatoms. The Balaban J connectivity index is 2.26. The monoisotopic (exact) mass is 211 g/mol. The molecule has 1 aliphatic carbocycles. The molecule has 1 N–H and O–H groups in total. The minimum atomic E-state index is 0.785. The fraction of sp³-hybridized carbons (Fsp3) is 1.00. The number of rotatable bonds is 7. The van der Waals surface area contributed by atoms with Crippen molar-refractivity contribution < 1.29 is 0 Å². The molecule has 1 nitrogen and oxygen atoms in total. The van der Waals surface area contributed by atoms with E-state index in [0.29, 0.717) is 0 Å². The summed E-state index contributed by atoms with van der Waals surface area (Å²) in [7, 11) is 0. The fourth-order valence-electron chi connectivity index (χ4n) is 2.83. The molecule has 1 aliphatic rings. The molecule has 90 valence electrons. The van der Waals surface area contributed by atoms with Crippen LogP contribution in [0.2, 0.25) is 0 Å². The lowest BCUT2D eigenvalue weighted by Gasteiger charge is -2.23. The van der Waals surface area contributed by atoms with Gasteiger partial charge in [-0.3, -0.25) is 0 Å². The van der Waals surface area contributed by atoms with Gasteiger partial charge in [-0.1, -0.05) is 46.5 Å². The molecule has 1 atom stereocenters. The first-order valence-corrected chi connectivity index (χ1v) is 6.95. The smallest absolute Gasteiger partial charge is 0.00721 e. The molecule has 0 bridgehead atoms. The van der Waals surface area contributed by atoms with Crippen LogP contribution in [0.5, 0.6) is 0 Å². The van der Waals surface area contributed by atoms with Crippen LogP contribution in [0, 0.1) is 11.8 Å². The molecule has 0 aromatic carbocycles. The van der Waals surface area contributed by atoms with E-state index in [1.165, 1.54) is 51.5 Å². The van der Waals surface area contributed by atoms with Crippen molar-refractivity contribution in [3.05, 3.63) is 0 Å². The average Bonchev–Trinajstić information content (AvgIpc) is 2.66. The van der Waals surface area contributed by atoms with E-state index >= 15 is 0 Å². The highest BCUT2D eigenvalue weighted by atomic mass is 14.9. The predicted molar refractivity (Wildman–Crippen MR) is 68.1 cm³/mol. The van der Waals surface area contributed by atoms with Gasteiger partial charge >= 0.3 is 0 Å². The van der Waals surface area contributed by atoms with E-state index in [-0.39, 0.29) is 0 Å². The third kappa shape index (κ3) is 5.55. The van der Waals surface area contributed by atoms with Gasteiger partial charge < -0.3 is 5.32 Å². The van der Waals surface area contributed by atoms with Crippen LogP contribution in [0.15, 0.2) is 0 Å². The Hall–Kier alpha value is -0.0400. The Labute approximate surface area is 96.0 Å². The lowest BCUT2D eigenvalue weighted by atomic mass is 9.92. The van der Waals surface area contributed by atoms with Gasteiger partial charge in [0.1, 0.15) is 0 Å². The average molecular weight is 211 g/mol. The first-order valence-electron chi connectivity index (χ1n) is 6.95. The van der Waals surface area contributed by atoms with Crippen LogP contribution in [-0.2, 0) is 0 Å². The first kappa shape index (κ1) is 13.0. The van der Waals surface area contributed by atoms with Gasteiger partial charge in [-0.05, 0) is 37.6 Å². The van der Waals surface area contributed by atoms with Crippen molar-refractivity contribution >= 4 is 0 Å². The van der Waals surface area contributed by atoms with Gasteiger partial charge in [0.2, 0.25) is 0 Å². The first-order chi connectivity index (χ1) is 7.22. The molecule has 0 aromatic rings. The van der Waals surface area contributed by atoms with Gasteiger partial charge in [0, 0.05) is 6.04 Å². The SMILES string of the molecule is CCCNC(CC(C)C)CC1CCCC1. The summed E-state index contributed by atoms with van der Waals surface area (Å²) < 4.78 is 0. The van der Waals surface area contributed by atoms with Crippen molar-refractivity contribution in [2.24, 2.45) is 11.8 Å². The van der Waals surface area contributed by atoms with E-state index in [9.17, 15) is 0 Å². The van der Waals surface area contributed by atoms with Gasteiger partial charge in [0.15, 0.2) is 0 Å². The molecular weight excluding hydrogens is 182 g/mol. The van der Waals surface area contributed by atoms with E-state index in [4.69, 9.17) is 0 Å². The van der Waals surface area contributed by atoms with E-state index in [2.05, 4.69) is 26.1 Å². The Morgan fingerprint density at radius 2 is 1.87 bits per heavy atom. The molecule has 1 unspecified atom stereocenters. The molecule has 0 spiro atoms. The van der Waals surface area contributed by atoms with Crippen molar-refractivity contribution in [2.45, 2.75) is 71.8 Å². The molecule has 0 heterocycles. The zero-order chi connectivity index (χ0) is 11.1. The Bertz CT molecular complexity index is 147. The van der Waals surface area contributed by atoms with E-state index in [1.54, 1.807) is 0 Å². The van der Waals surface area contributed by atoms with Crippen LogP contribution in [0.25, 0.3) is 0 Å². The second-order valence-electron chi connectivity index (χ2n) is 5.67. The number of hydrogen-bond donors (Lipinski definition) is 1. The van der Waals surface area contributed by atoms with E-state index < -0.39 is 0 Å². The summed E-state index contributed by atoms with van der Waals surface area (Å²) in [6.45, 7) is 8.14. The third-order valence-electron chi connectivity index (χ3n) is 3.53. The molecule has 0 aliphatic heterocycles. The molecule has 0 amide bonds.